The van der Waals surface area contributed by atoms with Gasteiger partial charge in [-0.05, 0) is 79.5 Å². The Morgan fingerprint density at radius 3 is 2.39 bits per heavy atom. The van der Waals surface area contributed by atoms with Crippen molar-refractivity contribution in [3.63, 3.8) is 0 Å². The van der Waals surface area contributed by atoms with Crippen LogP contribution in [0.25, 0.3) is 0 Å². The Balaban J connectivity index is 1.32. The number of urea groups is 1. The van der Waals surface area contributed by atoms with Crippen LogP contribution in [0.5, 0.6) is 0 Å². The van der Waals surface area contributed by atoms with E-state index < -0.39 is 0 Å². The molecule has 194 valence electrons. The molecule has 2 aliphatic rings. The molecule has 6 heteroatoms. The molecule has 1 fully saturated rings. The number of benzene rings is 2. The van der Waals surface area contributed by atoms with Crippen LogP contribution in [-0.2, 0) is 13.0 Å². The summed E-state index contributed by atoms with van der Waals surface area (Å²) in [6.45, 7) is 16.6. The van der Waals surface area contributed by atoms with Crippen LogP contribution in [0.2, 0.25) is 0 Å². The first-order chi connectivity index (χ1) is 17.1. The standard InChI is InChI=1S/C30H42N4O2/c1-22-8-6-9-24-10-7-14-34(27(22)24)28(35)25-11-12-26(23(2)20-25)21-31-29(36)33-18-16-32(17-19-33)15-13-30(3,4)5/h6,8-9,11-12,20H,7,10,13-19,21H2,1-5H3,(H,31,36). The predicted molar refractivity (Wildman–Crippen MR) is 147 cm³/mol. The summed E-state index contributed by atoms with van der Waals surface area (Å²) in [5.41, 5.74) is 6.57. The van der Waals surface area contributed by atoms with Crippen molar-refractivity contribution in [3.05, 3.63) is 64.2 Å². The van der Waals surface area contributed by atoms with Gasteiger partial charge in [-0.2, -0.15) is 0 Å². The van der Waals surface area contributed by atoms with E-state index in [2.05, 4.69) is 56.1 Å². The van der Waals surface area contributed by atoms with Crippen molar-refractivity contribution < 1.29 is 9.59 Å². The van der Waals surface area contributed by atoms with E-state index in [1.54, 1.807) is 0 Å². The number of hydrogen-bond acceptors (Lipinski definition) is 3. The number of carbonyl (C=O) groups excluding carboxylic acids is 2. The Morgan fingerprint density at radius 1 is 0.944 bits per heavy atom. The van der Waals surface area contributed by atoms with E-state index in [0.717, 1.165) is 74.5 Å². The number of nitrogens with one attached hydrogen (secondary N) is 1. The molecular weight excluding hydrogens is 448 g/mol. The van der Waals surface area contributed by atoms with Crippen LogP contribution in [0.15, 0.2) is 36.4 Å². The molecule has 4 rings (SSSR count). The number of piperazine rings is 1. The molecule has 2 aromatic rings. The lowest BCUT2D eigenvalue weighted by atomic mass is 9.92. The highest BCUT2D eigenvalue weighted by atomic mass is 16.2. The third-order valence-electron chi connectivity index (χ3n) is 7.52. The minimum absolute atomic E-state index is 0.00887. The molecule has 2 aliphatic heterocycles. The molecule has 0 aliphatic carbocycles. The van der Waals surface area contributed by atoms with Crippen LogP contribution in [-0.4, -0.2) is 61.0 Å². The van der Waals surface area contributed by atoms with Crippen LogP contribution in [0.4, 0.5) is 10.5 Å². The first-order valence-electron chi connectivity index (χ1n) is 13.4. The average Bonchev–Trinajstić information content (AvgIpc) is 2.86. The van der Waals surface area contributed by atoms with E-state index in [9.17, 15) is 9.59 Å². The average molecular weight is 491 g/mol. The van der Waals surface area contributed by atoms with Gasteiger partial charge in [0.15, 0.2) is 0 Å². The fourth-order valence-corrected chi connectivity index (χ4v) is 5.18. The van der Waals surface area contributed by atoms with Gasteiger partial charge in [0.2, 0.25) is 0 Å². The lowest BCUT2D eigenvalue weighted by Crippen LogP contribution is -2.52. The highest BCUT2D eigenvalue weighted by molar-refractivity contribution is 6.07. The minimum Gasteiger partial charge on any atom is -0.334 e. The normalized spacial score (nSPS) is 16.6. The van der Waals surface area contributed by atoms with Crippen LogP contribution < -0.4 is 10.2 Å². The van der Waals surface area contributed by atoms with Gasteiger partial charge in [-0.15, -0.1) is 0 Å². The minimum atomic E-state index is -0.00887. The Hall–Kier alpha value is -2.86. The second-order valence-electron chi connectivity index (χ2n) is 11.6. The number of aryl methyl sites for hydroxylation is 3. The summed E-state index contributed by atoms with van der Waals surface area (Å²) in [6.07, 6.45) is 3.17. The monoisotopic (exact) mass is 490 g/mol. The third kappa shape index (κ3) is 6.28. The van der Waals surface area contributed by atoms with Gasteiger partial charge in [0.1, 0.15) is 0 Å². The van der Waals surface area contributed by atoms with E-state index >= 15 is 0 Å². The summed E-state index contributed by atoms with van der Waals surface area (Å²) < 4.78 is 0. The summed E-state index contributed by atoms with van der Waals surface area (Å²) in [7, 11) is 0. The van der Waals surface area contributed by atoms with Crippen molar-refractivity contribution in [2.75, 3.05) is 44.2 Å². The topological polar surface area (TPSA) is 55.9 Å². The largest absolute Gasteiger partial charge is 0.334 e. The van der Waals surface area contributed by atoms with Gasteiger partial charge < -0.3 is 15.1 Å². The van der Waals surface area contributed by atoms with Crippen molar-refractivity contribution in [2.45, 2.75) is 60.4 Å². The molecule has 0 aromatic heterocycles. The highest BCUT2D eigenvalue weighted by Gasteiger charge is 2.26. The maximum absolute atomic E-state index is 13.4. The Bertz CT molecular complexity index is 1100. The van der Waals surface area contributed by atoms with E-state index in [4.69, 9.17) is 0 Å². The fraction of sp³-hybridized carbons (Fsp3) is 0.533. The fourth-order valence-electron chi connectivity index (χ4n) is 5.18. The number of carbonyl (C=O) groups is 2. The Kier molecular flexibility index (Phi) is 8.04. The smallest absolute Gasteiger partial charge is 0.317 e. The molecule has 0 radical (unpaired) electrons. The summed E-state index contributed by atoms with van der Waals surface area (Å²) in [5.74, 6) is 0.0493. The maximum atomic E-state index is 13.4. The molecule has 3 amide bonds. The number of anilines is 1. The first-order valence-corrected chi connectivity index (χ1v) is 13.4. The zero-order valence-electron chi connectivity index (χ0n) is 22.7. The number of nitrogens with zero attached hydrogens (tertiary/aromatic N) is 3. The zero-order valence-corrected chi connectivity index (χ0v) is 22.7. The quantitative estimate of drug-likeness (QED) is 0.630. The predicted octanol–water partition coefficient (Wildman–Crippen LogP) is 5.16. The van der Waals surface area contributed by atoms with Gasteiger partial charge >= 0.3 is 6.03 Å². The van der Waals surface area contributed by atoms with Crippen molar-refractivity contribution >= 4 is 17.6 Å². The van der Waals surface area contributed by atoms with Crippen LogP contribution in [0.3, 0.4) is 0 Å². The second-order valence-corrected chi connectivity index (χ2v) is 11.6. The van der Waals surface area contributed by atoms with Crippen LogP contribution in [0, 0.1) is 19.3 Å². The van der Waals surface area contributed by atoms with Gasteiger partial charge in [-0.3, -0.25) is 9.69 Å². The molecule has 6 nitrogen and oxygen atoms in total. The number of hydrogen-bond donors (Lipinski definition) is 1. The van der Waals surface area contributed by atoms with Gasteiger partial charge in [0.05, 0.1) is 5.69 Å². The highest BCUT2D eigenvalue weighted by Crippen LogP contribution is 2.32. The molecule has 0 atom stereocenters. The third-order valence-corrected chi connectivity index (χ3v) is 7.52. The Labute approximate surface area is 216 Å². The molecular formula is C30H42N4O2. The Morgan fingerprint density at radius 2 is 1.69 bits per heavy atom. The van der Waals surface area contributed by atoms with Gasteiger partial charge in [-0.25, -0.2) is 4.79 Å². The lowest BCUT2D eigenvalue weighted by molar-refractivity contribution is 0.0984. The molecule has 2 aromatic carbocycles. The summed E-state index contributed by atoms with van der Waals surface area (Å²) >= 11 is 0. The molecule has 0 bridgehead atoms. The van der Waals surface area contributed by atoms with E-state index in [0.29, 0.717) is 17.5 Å². The molecule has 36 heavy (non-hydrogen) atoms. The molecule has 2 heterocycles. The van der Waals surface area contributed by atoms with Crippen molar-refractivity contribution in [1.29, 1.82) is 0 Å². The molecule has 0 saturated carbocycles. The van der Waals surface area contributed by atoms with Crippen molar-refractivity contribution in [3.8, 4) is 0 Å². The molecule has 1 N–H and O–H groups in total. The number of rotatable bonds is 5. The van der Waals surface area contributed by atoms with Crippen molar-refractivity contribution in [2.24, 2.45) is 5.41 Å². The lowest BCUT2D eigenvalue weighted by Gasteiger charge is -2.36. The summed E-state index contributed by atoms with van der Waals surface area (Å²) in [5, 5.41) is 3.09. The van der Waals surface area contributed by atoms with Gasteiger partial charge in [0, 0.05) is 44.8 Å². The van der Waals surface area contributed by atoms with Crippen molar-refractivity contribution in [1.82, 2.24) is 15.1 Å². The first kappa shape index (κ1) is 26.2. The van der Waals surface area contributed by atoms with Crippen LogP contribution in [0.1, 0.15) is 66.2 Å². The zero-order chi connectivity index (χ0) is 25.9. The SMILES string of the molecule is Cc1cc(C(=O)N2CCCc3cccc(C)c32)ccc1CNC(=O)N1CCN(CCC(C)(C)C)CC1. The molecule has 0 spiro atoms. The summed E-state index contributed by atoms with van der Waals surface area (Å²) in [4.78, 5) is 32.5. The molecule has 1 saturated heterocycles. The molecule has 0 unspecified atom stereocenters. The number of para-hydroxylation sites is 1. The van der Waals surface area contributed by atoms with E-state index in [1.165, 1.54) is 12.0 Å². The van der Waals surface area contributed by atoms with E-state index in [-0.39, 0.29) is 11.9 Å². The van der Waals surface area contributed by atoms with Crippen LogP contribution >= 0.6 is 0 Å². The van der Waals surface area contributed by atoms with Gasteiger partial charge in [0.25, 0.3) is 5.91 Å². The summed E-state index contributed by atoms with van der Waals surface area (Å²) in [6, 6.07) is 12.1. The van der Waals surface area contributed by atoms with Gasteiger partial charge in [-0.1, -0.05) is 45.0 Å². The maximum Gasteiger partial charge on any atom is 0.317 e. The number of fused-ring (bicyclic) bond motifs is 1. The van der Waals surface area contributed by atoms with E-state index in [1.807, 2.05) is 34.9 Å². The second kappa shape index (κ2) is 11.0. The number of amides is 3.